The van der Waals surface area contributed by atoms with Crippen LogP contribution in [0.2, 0.25) is 0 Å². The molecule has 0 radical (unpaired) electrons. The topological polar surface area (TPSA) is 80.5 Å². The zero-order valence-electron chi connectivity index (χ0n) is 10.1. The summed E-state index contributed by atoms with van der Waals surface area (Å²) in [5, 5.41) is 8.92. The van der Waals surface area contributed by atoms with E-state index in [1.807, 2.05) is 34.9 Å². The van der Waals surface area contributed by atoms with Crippen LogP contribution in [-0.2, 0) is 6.42 Å². The average Bonchev–Trinajstić information content (AvgIpc) is 2.78. The molecule has 3 rings (SSSR count). The van der Waals surface area contributed by atoms with Crippen molar-refractivity contribution in [1.29, 1.82) is 5.26 Å². The van der Waals surface area contributed by atoms with Crippen molar-refractivity contribution in [1.82, 2.24) is 14.5 Å². The van der Waals surface area contributed by atoms with Gasteiger partial charge >= 0.3 is 0 Å². The smallest absolute Gasteiger partial charge is 0.138 e. The van der Waals surface area contributed by atoms with Gasteiger partial charge in [-0.25, -0.2) is 9.97 Å². The van der Waals surface area contributed by atoms with Crippen molar-refractivity contribution >= 4 is 16.7 Å². The predicted octanol–water partition coefficient (Wildman–Crippen LogP) is 2.07. The lowest BCUT2D eigenvalue weighted by Gasteiger charge is -2.06. The van der Waals surface area contributed by atoms with Gasteiger partial charge < -0.3 is 5.73 Å². The fourth-order valence-corrected chi connectivity index (χ4v) is 2.05. The van der Waals surface area contributed by atoms with E-state index in [1.54, 1.807) is 12.3 Å². The van der Waals surface area contributed by atoms with E-state index in [2.05, 4.69) is 16.0 Å². The van der Waals surface area contributed by atoms with E-state index < -0.39 is 0 Å². The third kappa shape index (κ3) is 1.89. The molecule has 5 nitrogen and oxygen atoms in total. The number of nitrogens with zero attached hydrogens (tertiary/aromatic N) is 4. The highest BCUT2D eigenvalue weighted by molar-refractivity contribution is 5.78. The molecule has 0 aliphatic carbocycles. The molecule has 0 saturated carbocycles. The molecule has 0 bridgehead atoms. The van der Waals surface area contributed by atoms with E-state index in [0.717, 1.165) is 11.0 Å². The van der Waals surface area contributed by atoms with E-state index in [1.165, 1.54) is 0 Å². The second-order valence-corrected chi connectivity index (χ2v) is 4.14. The van der Waals surface area contributed by atoms with Gasteiger partial charge in [-0.1, -0.05) is 12.1 Å². The Kier molecular flexibility index (Phi) is 2.62. The van der Waals surface area contributed by atoms with Crippen LogP contribution in [0.25, 0.3) is 16.9 Å². The summed E-state index contributed by atoms with van der Waals surface area (Å²) in [6.45, 7) is 0. The first-order valence-corrected chi connectivity index (χ1v) is 5.85. The standard InChI is InChI=1S/C14H11N5/c15-8-7-14-18-11-3-1-2-4-12(11)19(14)13-6-5-10(16)9-17-13/h1-6,9H,7,16H2. The fraction of sp³-hybridized carbons (Fsp3) is 0.0714. The van der Waals surface area contributed by atoms with Crippen LogP contribution < -0.4 is 5.73 Å². The molecule has 5 heteroatoms. The summed E-state index contributed by atoms with van der Waals surface area (Å²) in [6, 6.07) is 13.5. The van der Waals surface area contributed by atoms with Gasteiger partial charge in [-0.05, 0) is 24.3 Å². The summed E-state index contributed by atoms with van der Waals surface area (Å²) in [6.07, 6.45) is 1.83. The summed E-state index contributed by atoms with van der Waals surface area (Å²) in [5.74, 6) is 1.40. The fourth-order valence-electron chi connectivity index (χ4n) is 2.05. The van der Waals surface area contributed by atoms with Crippen molar-refractivity contribution in [2.24, 2.45) is 0 Å². The second kappa shape index (κ2) is 4.42. The molecule has 0 saturated heterocycles. The molecule has 2 heterocycles. The molecule has 0 atom stereocenters. The Morgan fingerprint density at radius 1 is 1.21 bits per heavy atom. The van der Waals surface area contributed by atoms with Crippen LogP contribution in [0.3, 0.4) is 0 Å². The summed E-state index contributed by atoms with van der Waals surface area (Å²) in [5.41, 5.74) is 8.04. The first kappa shape index (κ1) is 11.2. The number of para-hydroxylation sites is 2. The number of nitrogen functional groups attached to an aromatic ring is 1. The van der Waals surface area contributed by atoms with E-state index in [4.69, 9.17) is 11.0 Å². The molecule has 2 aromatic heterocycles. The zero-order valence-corrected chi connectivity index (χ0v) is 10.1. The van der Waals surface area contributed by atoms with Crippen molar-refractivity contribution in [3.63, 3.8) is 0 Å². The number of benzene rings is 1. The van der Waals surface area contributed by atoms with E-state index in [-0.39, 0.29) is 6.42 Å². The van der Waals surface area contributed by atoms with Crippen molar-refractivity contribution in [2.75, 3.05) is 5.73 Å². The third-order valence-electron chi connectivity index (χ3n) is 2.87. The second-order valence-electron chi connectivity index (χ2n) is 4.14. The molecule has 0 aliphatic heterocycles. The molecular formula is C14H11N5. The van der Waals surface area contributed by atoms with Crippen LogP contribution in [0.1, 0.15) is 5.82 Å². The Bertz CT molecular complexity index is 765. The number of imidazole rings is 1. The van der Waals surface area contributed by atoms with Gasteiger partial charge in [0.15, 0.2) is 0 Å². The highest BCUT2D eigenvalue weighted by atomic mass is 15.1. The van der Waals surface area contributed by atoms with Crippen LogP contribution in [-0.4, -0.2) is 14.5 Å². The van der Waals surface area contributed by atoms with Gasteiger partial charge in [0.2, 0.25) is 0 Å². The maximum Gasteiger partial charge on any atom is 0.138 e. The lowest BCUT2D eigenvalue weighted by molar-refractivity contribution is 0.922. The normalized spacial score (nSPS) is 10.5. The number of rotatable bonds is 2. The van der Waals surface area contributed by atoms with Gasteiger partial charge in [0.25, 0.3) is 0 Å². The molecule has 0 spiro atoms. The lowest BCUT2D eigenvalue weighted by Crippen LogP contribution is -2.03. The minimum atomic E-state index is 0.237. The third-order valence-corrected chi connectivity index (χ3v) is 2.87. The Morgan fingerprint density at radius 2 is 2.05 bits per heavy atom. The lowest BCUT2D eigenvalue weighted by atomic mass is 10.3. The quantitative estimate of drug-likeness (QED) is 0.753. The Balaban J connectivity index is 2.28. The molecule has 0 amide bonds. The van der Waals surface area contributed by atoms with Crippen LogP contribution in [0, 0.1) is 11.3 Å². The molecule has 2 N–H and O–H groups in total. The van der Waals surface area contributed by atoms with Gasteiger partial charge in [0, 0.05) is 0 Å². The number of fused-ring (bicyclic) bond motifs is 1. The van der Waals surface area contributed by atoms with Gasteiger partial charge in [-0.3, -0.25) is 4.57 Å². The number of nitriles is 1. The zero-order chi connectivity index (χ0) is 13.2. The van der Waals surface area contributed by atoms with Gasteiger partial charge in [0.1, 0.15) is 11.6 Å². The number of hydrogen-bond acceptors (Lipinski definition) is 4. The first-order chi connectivity index (χ1) is 9.29. The van der Waals surface area contributed by atoms with Gasteiger partial charge in [-0.15, -0.1) is 0 Å². The molecule has 0 fully saturated rings. The van der Waals surface area contributed by atoms with E-state index in [0.29, 0.717) is 17.3 Å². The number of anilines is 1. The van der Waals surface area contributed by atoms with Crippen LogP contribution in [0.5, 0.6) is 0 Å². The average molecular weight is 249 g/mol. The summed E-state index contributed by atoms with van der Waals surface area (Å²) in [7, 11) is 0. The summed E-state index contributed by atoms with van der Waals surface area (Å²) >= 11 is 0. The molecule has 19 heavy (non-hydrogen) atoms. The Hall–Kier alpha value is -2.87. The van der Waals surface area contributed by atoms with E-state index in [9.17, 15) is 0 Å². The monoisotopic (exact) mass is 249 g/mol. The van der Waals surface area contributed by atoms with Crippen molar-refractivity contribution in [3.05, 3.63) is 48.4 Å². The van der Waals surface area contributed by atoms with Crippen LogP contribution >= 0.6 is 0 Å². The van der Waals surface area contributed by atoms with Crippen molar-refractivity contribution in [3.8, 4) is 11.9 Å². The highest BCUT2D eigenvalue weighted by Crippen LogP contribution is 2.20. The molecule has 3 aromatic rings. The molecule has 0 unspecified atom stereocenters. The molecular weight excluding hydrogens is 238 g/mol. The number of hydrogen-bond donors (Lipinski definition) is 1. The largest absolute Gasteiger partial charge is 0.397 e. The molecule has 1 aromatic carbocycles. The minimum Gasteiger partial charge on any atom is -0.397 e. The first-order valence-electron chi connectivity index (χ1n) is 5.85. The van der Waals surface area contributed by atoms with E-state index >= 15 is 0 Å². The number of aromatic nitrogens is 3. The summed E-state index contributed by atoms with van der Waals surface area (Å²) in [4.78, 5) is 8.77. The van der Waals surface area contributed by atoms with Crippen LogP contribution in [0.15, 0.2) is 42.6 Å². The molecule has 0 aliphatic rings. The maximum absolute atomic E-state index is 8.92. The molecule has 92 valence electrons. The van der Waals surface area contributed by atoms with Gasteiger partial charge in [-0.2, -0.15) is 5.26 Å². The number of pyridine rings is 1. The SMILES string of the molecule is N#CCc1nc2ccccc2n1-c1ccc(N)cn1. The Morgan fingerprint density at radius 3 is 2.79 bits per heavy atom. The van der Waals surface area contributed by atoms with Gasteiger partial charge in [0.05, 0.1) is 35.4 Å². The van der Waals surface area contributed by atoms with Crippen LogP contribution in [0.4, 0.5) is 5.69 Å². The Labute approximate surface area is 109 Å². The maximum atomic E-state index is 8.92. The predicted molar refractivity (Wildman–Crippen MR) is 72.6 cm³/mol. The highest BCUT2D eigenvalue weighted by Gasteiger charge is 2.12. The number of nitrogens with two attached hydrogens (primary N) is 1. The van der Waals surface area contributed by atoms with Crippen molar-refractivity contribution in [2.45, 2.75) is 6.42 Å². The minimum absolute atomic E-state index is 0.237. The summed E-state index contributed by atoms with van der Waals surface area (Å²) < 4.78 is 1.89. The van der Waals surface area contributed by atoms with Crippen molar-refractivity contribution < 1.29 is 0 Å².